The van der Waals surface area contributed by atoms with E-state index < -0.39 is 54.6 Å². The third-order valence-corrected chi connectivity index (χ3v) is 14.8. The third-order valence-electron chi connectivity index (χ3n) is 14.3. The van der Waals surface area contributed by atoms with Gasteiger partial charge in [0.25, 0.3) is 11.8 Å². The standard InChI is InChI=1S/C30H35ClF3N5O4.C30H33ClF3N5O4.2CH4/c2*1-18(40)28-37-25(16-38(28)3)21-7-5-20(6-8-21)13-23(15-35-27(41)17-39-11-4-12-39)36-29(42)22-9-10-26(24(31)14-22)43-19(2)30(32,33)34;;/h5-10,14,16,18-19,23,40H,4,11-13,15,17H2,1-3H3,(H,35,41)(H,36,42);5-10,14,16,19,23H,4,11-13,15,17H2,1-3H3,(H,35,41)(H,36,42);2*1H4/t18?,19-,23?;19-,23?;;/m11../s1. The van der Waals surface area contributed by atoms with Crippen LogP contribution >= 0.6 is 23.2 Å². The van der Waals surface area contributed by atoms with E-state index in [1.54, 1.807) is 29.3 Å². The average molecular weight is 1270 g/mol. The molecule has 2 aliphatic heterocycles. The number of ether oxygens (including phenoxy) is 2. The lowest BCUT2D eigenvalue weighted by atomic mass is 10.0. The maximum atomic E-state index is 13.2. The molecule has 88 heavy (non-hydrogen) atoms. The molecule has 2 aromatic heterocycles. The molecule has 4 amide bonds. The van der Waals surface area contributed by atoms with Crippen molar-refractivity contribution < 1.29 is 64.9 Å². The van der Waals surface area contributed by atoms with Crippen LogP contribution in [0.15, 0.2) is 97.3 Å². The minimum Gasteiger partial charge on any atom is -0.480 e. The van der Waals surface area contributed by atoms with Crippen molar-refractivity contribution >= 4 is 52.6 Å². The second-order valence-corrected chi connectivity index (χ2v) is 22.1. The molecule has 0 aliphatic carbocycles. The van der Waals surface area contributed by atoms with Crippen LogP contribution in [0.5, 0.6) is 11.5 Å². The third kappa shape index (κ3) is 20.3. The number of nitrogens with one attached hydrogen (secondary N) is 4. The summed E-state index contributed by atoms with van der Waals surface area (Å²) < 4.78 is 90.6. The van der Waals surface area contributed by atoms with E-state index in [2.05, 4.69) is 31.2 Å². The first-order chi connectivity index (χ1) is 40.6. The molecule has 4 aromatic carbocycles. The SMILES string of the molecule is C.C.CC(=O)c1nc(-c2ccc(CC(CNC(=O)CN3CCC3)NC(=O)c3ccc(O[C@H](C)C(F)(F)F)c(Cl)c3)cc2)cn1C.CC(O)c1nc(-c2ccc(CC(CNC(=O)CN3CCC3)NC(=O)c3ccc(O[C@H](C)C(F)(F)F)c(Cl)c3)cc2)cn1C. The molecule has 478 valence electrons. The van der Waals surface area contributed by atoms with E-state index in [1.165, 1.54) is 43.3 Å². The van der Waals surface area contributed by atoms with Gasteiger partial charge in [0.2, 0.25) is 11.8 Å². The Morgan fingerprint density at radius 2 is 0.989 bits per heavy atom. The molecule has 3 unspecified atom stereocenters. The van der Waals surface area contributed by atoms with E-state index in [-0.39, 0.29) is 91.3 Å². The summed E-state index contributed by atoms with van der Waals surface area (Å²) in [4.78, 5) is 76.0. The number of aliphatic hydroxyl groups is 1. The van der Waals surface area contributed by atoms with Gasteiger partial charge in [0.15, 0.2) is 23.8 Å². The Morgan fingerprint density at radius 1 is 0.602 bits per heavy atom. The first-order valence-electron chi connectivity index (χ1n) is 27.7. The van der Waals surface area contributed by atoms with E-state index in [0.717, 1.165) is 75.1 Å². The van der Waals surface area contributed by atoms with Crippen molar-refractivity contribution in [3.8, 4) is 34.0 Å². The maximum absolute atomic E-state index is 13.2. The van der Waals surface area contributed by atoms with Crippen LogP contribution in [0.25, 0.3) is 22.5 Å². The molecule has 5 atom stereocenters. The highest BCUT2D eigenvalue weighted by atomic mass is 35.5. The minimum atomic E-state index is -4.57. The van der Waals surface area contributed by atoms with Crippen molar-refractivity contribution in [2.45, 2.75) is 111 Å². The Labute approximate surface area is 518 Å². The molecule has 0 saturated carbocycles. The number of hydrogen-bond donors (Lipinski definition) is 5. The Bertz CT molecular complexity index is 3330. The van der Waals surface area contributed by atoms with Gasteiger partial charge in [0.05, 0.1) is 46.6 Å². The minimum absolute atomic E-state index is 0. The van der Waals surface area contributed by atoms with Gasteiger partial charge >= 0.3 is 12.4 Å². The van der Waals surface area contributed by atoms with Crippen molar-refractivity contribution in [2.24, 2.45) is 14.1 Å². The highest BCUT2D eigenvalue weighted by molar-refractivity contribution is 6.32. The van der Waals surface area contributed by atoms with E-state index in [9.17, 15) is 55.4 Å². The van der Waals surface area contributed by atoms with Gasteiger partial charge in [-0.25, -0.2) is 9.97 Å². The summed E-state index contributed by atoms with van der Waals surface area (Å²) in [5.41, 5.74) is 5.04. The van der Waals surface area contributed by atoms with Gasteiger partial charge in [-0.1, -0.05) is 86.6 Å². The van der Waals surface area contributed by atoms with Crippen molar-refractivity contribution in [1.29, 1.82) is 0 Å². The van der Waals surface area contributed by atoms with Gasteiger partial charge in [-0.3, -0.25) is 33.8 Å². The lowest BCUT2D eigenvalue weighted by Gasteiger charge is -2.30. The summed E-state index contributed by atoms with van der Waals surface area (Å²) in [6.07, 6.45) is -7.52. The van der Waals surface area contributed by atoms with E-state index in [4.69, 9.17) is 32.7 Å². The van der Waals surface area contributed by atoms with Crippen LogP contribution in [0.1, 0.15) is 110 Å². The van der Waals surface area contributed by atoms with Gasteiger partial charge in [-0.15, -0.1) is 0 Å². The number of likely N-dealkylation sites (tertiary alicyclic amines) is 2. The van der Waals surface area contributed by atoms with Crippen LogP contribution in [-0.2, 0) is 36.5 Å². The molecule has 0 radical (unpaired) electrons. The number of hydrogen-bond acceptors (Lipinski definition) is 12. The van der Waals surface area contributed by atoms with Gasteiger partial charge in [0.1, 0.15) is 23.4 Å². The van der Waals surface area contributed by atoms with Crippen LogP contribution < -0.4 is 30.7 Å². The predicted molar refractivity (Wildman–Crippen MR) is 325 cm³/mol. The number of carbonyl (C=O) groups is 5. The van der Waals surface area contributed by atoms with Crippen LogP contribution in [0.4, 0.5) is 26.3 Å². The Hall–Kier alpha value is -7.51. The number of benzene rings is 4. The topological polar surface area (TPSA) is 214 Å². The number of aliphatic hydroxyl groups excluding tert-OH is 1. The Morgan fingerprint density at radius 3 is 1.31 bits per heavy atom. The summed E-state index contributed by atoms with van der Waals surface area (Å²) in [7, 11) is 3.56. The Balaban J connectivity index is 0.000000313. The molecule has 2 fully saturated rings. The molecule has 0 bridgehead atoms. The number of amides is 4. The van der Waals surface area contributed by atoms with Gasteiger partial charge in [0, 0.05) is 68.8 Å². The summed E-state index contributed by atoms with van der Waals surface area (Å²) in [5.74, 6) is -0.949. The van der Waals surface area contributed by atoms with Crippen LogP contribution in [0.3, 0.4) is 0 Å². The van der Waals surface area contributed by atoms with Crippen molar-refractivity contribution in [1.82, 2.24) is 50.2 Å². The number of nitrogens with zero attached hydrogens (tertiary/aromatic N) is 6. The summed E-state index contributed by atoms with van der Waals surface area (Å²) in [6, 6.07) is 21.7. The monoisotopic (exact) mass is 1270 g/mol. The largest absolute Gasteiger partial charge is 0.480 e. The molecule has 6 aromatic rings. The molecule has 2 saturated heterocycles. The number of ketones is 1. The first-order valence-corrected chi connectivity index (χ1v) is 28.5. The van der Waals surface area contributed by atoms with E-state index in [1.807, 2.05) is 71.6 Å². The molecular weight excluding hydrogens is 1200 g/mol. The number of rotatable bonds is 24. The predicted octanol–water partition coefficient (Wildman–Crippen LogP) is 9.99. The van der Waals surface area contributed by atoms with Gasteiger partial charge < -0.3 is 45.0 Å². The van der Waals surface area contributed by atoms with Gasteiger partial charge in [-0.05, 0) is 120 Å². The molecular formula is C62H76Cl2F6N10O8. The number of Topliss-reactive ketones (excluding diaryl/α,β-unsaturated/α-hetero) is 1. The number of aryl methyl sites for hydroxylation is 2. The number of imidazole rings is 2. The lowest BCUT2D eigenvalue weighted by molar-refractivity contribution is -0.189. The molecule has 18 nitrogen and oxygen atoms in total. The van der Waals surface area contributed by atoms with Crippen molar-refractivity contribution in [2.75, 3.05) is 52.4 Å². The quantitative estimate of drug-likeness (QED) is 0.0283. The molecule has 0 spiro atoms. The fraction of sp³-hybridized carbons (Fsp3) is 0.435. The fourth-order valence-corrected chi connectivity index (χ4v) is 9.53. The molecule has 2 aliphatic rings. The Kier molecular flexibility index (Phi) is 25.6. The highest BCUT2D eigenvalue weighted by Crippen LogP contribution is 2.33. The zero-order valence-electron chi connectivity index (χ0n) is 48.1. The fourth-order valence-electron chi connectivity index (χ4n) is 9.08. The maximum Gasteiger partial charge on any atom is 0.425 e. The second-order valence-electron chi connectivity index (χ2n) is 21.3. The second kappa shape index (κ2) is 31.6. The summed E-state index contributed by atoms with van der Waals surface area (Å²) >= 11 is 12.3. The number of aromatic nitrogens is 4. The van der Waals surface area contributed by atoms with Crippen LogP contribution in [0, 0.1) is 0 Å². The average Bonchev–Trinajstić information content (AvgIpc) is 3.26. The van der Waals surface area contributed by atoms with Crippen molar-refractivity contribution in [3.05, 3.63) is 141 Å². The zero-order valence-corrected chi connectivity index (χ0v) is 49.6. The van der Waals surface area contributed by atoms with E-state index >= 15 is 0 Å². The number of carbonyl (C=O) groups excluding carboxylic acids is 5. The molecule has 4 heterocycles. The smallest absolute Gasteiger partial charge is 0.425 e. The molecule has 8 rings (SSSR count). The number of halogens is 8. The zero-order chi connectivity index (χ0) is 62.6. The first kappa shape index (κ1) is 71.2. The normalized spacial score (nSPS) is 14.9. The van der Waals surface area contributed by atoms with E-state index in [0.29, 0.717) is 35.9 Å². The number of alkyl halides is 6. The van der Waals surface area contributed by atoms with Crippen molar-refractivity contribution in [3.63, 3.8) is 0 Å². The molecule has 5 N–H and O–H groups in total. The lowest BCUT2D eigenvalue weighted by Crippen LogP contribution is -2.49. The highest BCUT2D eigenvalue weighted by Gasteiger charge is 2.39. The molecule has 26 heteroatoms. The van der Waals surface area contributed by atoms with Crippen LogP contribution in [-0.4, -0.2) is 152 Å². The van der Waals surface area contributed by atoms with Crippen LogP contribution in [0.2, 0.25) is 10.0 Å². The summed E-state index contributed by atoms with van der Waals surface area (Å²) in [6.45, 7) is 9.19. The van der Waals surface area contributed by atoms with Gasteiger partial charge in [-0.2, -0.15) is 26.3 Å². The summed E-state index contributed by atoms with van der Waals surface area (Å²) in [5, 5.41) is 21.2.